The highest BCUT2D eigenvalue weighted by Crippen LogP contribution is 2.29. The summed E-state index contributed by atoms with van der Waals surface area (Å²) in [6.07, 6.45) is 2.73. The third-order valence-corrected chi connectivity index (χ3v) is 3.56. The van der Waals surface area contributed by atoms with Crippen molar-refractivity contribution in [1.82, 2.24) is 0 Å². The second kappa shape index (κ2) is 5.00. The molecule has 0 aliphatic heterocycles. The van der Waals surface area contributed by atoms with Crippen LogP contribution in [0.3, 0.4) is 0 Å². The number of nitrogens with zero attached hydrogens (tertiary/aromatic N) is 1. The van der Waals surface area contributed by atoms with Gasteiger partial charge in [-0.2, -0.15) is 0 Å². The van der Waals surface area contributed by atoms with E-state index in [0.717, 1.165) is 35.8 Å². The van der Waals surface area contributed by atoms with E-state index in [0.29, 0.717) is 17.0 Å². The molecule has 0 amide bonds. The van der Waals surface area contributed by atoms with Crippen LogP contribution in [0.2, 0.25) is 0 Å². The summed E-state index contributed by atoms with van der Waals surface area (Å²) >= 11 is 0. The van der Waals surface area contributed by atoms with Crippen molar-refractivity contribution in [2.45, 2.75) is 26.2 Å². The Kier molecular flexibility index (Phi) is 3.18. The van der Waals surface area contributed by atoms with Crippen LogP contribution in [-0.4, -0.2) is 17.5 Å². The fourth-order valence-electron chi connectivity index (χ4n) is 2.57. The average Bonchev–Trinajstić information content (AvgIpc) is 2.94. The quantitative estimate of drug-likeness (QED) is 0.403. The highest BCUT2D eigenvalue weighted by Gasteiger charge is 2.19. The first kappa shape index (κ1) is 12.7. The molecule has 1 aromatic heterocycles. The molecule has 0 unspecified atom stereocenters. The smallest absolute Gasteiger partial charge is 0.339 e. The highest BCUT2D eigenvalue weighted by molar-refractivity contribution is 5.84. The van der Waals surface area contributed by atoms with Gasteiger partial charge in [0.2, 0.25) is 0 Å². The van der Waals surface area contributed by atoms with E-state index < -0.39 is 0 Å². The average molecular weight is 273 g/mol. The summed E-state index contributed by atoms with van der Waals surface area (Å²) in [5.41, 5.74) is 2.70. The topological polar surface area (TPSA) is 72.0 Å². The molecule has 1 heterocycles. The zero-order chi connectivity index (χ0) is 14.1. The first-order valence-electron chi connectivity index (χ1n) is 6.58. The normalized spacial score (nSPS) is 14.6. The van der Waals surface area contributed by atoms with Crippen LogP contribution in [0.25, 0.3) is 11.0 Å². The molecule has 1 aliphatic rings. The number of hydrogen-bond acceptors (Lipinski definition) is 5. The van der Waals surface area contributed by atoms with Gasteiger partial charge in [-0.05, 0) is 43.9 Å². The number of oxime groups is 1. The molecule has 104 valence electrons. The maximum absolute atomic E-state index is 11.9. The first-order valence-corrected chi connectivity index (χ1v) is 6.58. The molecule has 5 heteroatoms. The van der Waals surface area contributed by atoms with Crippen molar-refractivity contribution in [3.8, 4) is 5.75 Å². The van der Waals surface area contributed by atoms with Gasteiger partial charge >= 0.3 is 5.63 Å². The summed E-state index contributed by atoms with van der Waals surface area (Å²) in [5.74, 6) is 0.585. The Bertz CT molecular complexity index is 745. The Morgan fingerprint density at radius 3 is 3.00 bits per heavy atom. The fourth-order valence-corrected chi connectivity index (χ4v) is 2.57. The van der Waals surface area contributed by atoms with E-state index in [2.05, 4.69) is 5.16 Å². The van der Waals surface area contributed by atoms with E-state index in [1.165, 1.54) is 0 Å². The fraction of sp³-hybridized carbons (Fsp3) is 0.333. The van der Waals surface area contributed by atoms with Crippen LogP contribution in [-0.2, 0) is 12.8 Å². The summed E-state index contributed by atoms with van der Waals surface area (Å²) in [6.45, 7) is 1.85. The van der Waals surface area contributed by atoms with Crippen LogP contribution in [0.4, 0.5) is 0 Å². The van der Waals surface area contributed by atoms with Gasteiger partial charge in [0.25, 0.3) is 0 Å². The van der Waals surface area contributed by atoms with Gasteiger partial charge in [-0.15, -0.1) is 0 Å². The minimum Gasteiger partial charge on any atom is -0.487 e. The second-order valence-corrected chi connectivity index (χ2v) is 4.98. The molecular weight excluding hydrogens is 258 g/mol. The van der Waals surface area contributed by atoms with Crippen molar-refractivity contribution in [3.63, 3.8) is 0 Å². The third kappa shape index (κ3) is 2.15. The molecule has 1 aromatic carbocycles. The molecule has 2 aromatic rings. The minimum atomic E-state index is -0.241. The van der Waals surface area contributed by atoms with Crippen molar-refractivity contribution in [3.05, 3.63) is 39.7 Å². The standard InChI is InChI=1S/C15H15NO4/c1-9(16-18)8-19-10-5-6-12-11-3-2-4-13(11)15(17)20-14(12)7-10/h5-7,18H,2-4,8H2,1H3. The predicted molar refractivity (Wildman–Crippen MR) is 74.9 cm³/mol. The summed E-state index contributed by atoms with van der Waals surface area (Å²) in [7, 11) is 0. The zero-order valence-corrected chi connectivity index (χ0v) is 11.2. The maximum atomic E-state index is 11.9. The molecule has 0 saturated carbocycles. The molecule has 3 rings (SSSR count). The number of ether oxygens (including phenoxy) is 1. The molecule has 0 fully saturated rings. The van der Waals surface area contributed by atoms with Crippen molar-refractivity contribution in [1.29, 1.82) is 0 Å². The van der Waals surface area contributed by atoms with E-state index in [9.17, 15) is 4.79 Å². The lowest BCUT2D eigenvalue weighted by molar-refractivity contribution is 0.307. The number of hydrogen-bond donors (Lipinski definition) is 1. The van der Waals surface area contributed by atoms with Gasteiger partial charge in [-0.3, -0.25) is 0 Å². The summed E-state index contributed by atoms with van der Waals surface area (Å²) < 4.78 is 10.8. The molecule has 0 saturated heterocycles. The lowest BCUT2D eigenvalue weighted by atomic mass is 10.1. The molecule has 0 spiro atoms. The summed E-state index contributed by atoms with van der Waals surface area (Å²) in [4.78, 5) is 11.9. The van der Waals surface area contributed by atoms with Crippen LogP contribution in [0.5, 0.6) is 5.75 Å². The SMILES string of the molecule is CC(COc1ccc2c3c(c(=O)oc2c1)CCC3)=NO. The first-order chi connectivity index (χ1) is 9.69. The van der Waals surface area contributed by atoms with E-state index >= 15 is 0 Å². The number of rotatable bonds is 3. The summed E-state index contributed by atoms with van der Waals surface area (Å²) in [5, 5.41) is 12.6. The number of benzene rings is 1. The second-order valence-electron chi connectivity index (χ2n) is 4.98. The van der Waals surface area contributed by atoms with Crippen molar-refractivity contribution in [2.75, 3.05) is 6.61 Å². The van der Waals surface area contributed by atoms with E-state index in [4.69, 9.17) is 14.4 Å². The van der Waals surface area contributed by atoms with Gasteiger partial charge in [0.15, 0.2) is 0 Å². The monoisotopic (exact) mass is 273 g/mol. The lowest BCUT2D eigenvalue weighted by Gasteiger charge is -2.08. The summed E-state index contributed by atoms with van der Waals surface area (Å²) in [6, 6.07) is 5.47. The molecule has 20 heavy (non-hydrogen) atoms. The van der Waals surface area contributed by atoms with E-state index in [-0.39, 0.29) is 12.2 Å². The molecule has 0 radical (unpaired) electrons. The Hall–Kier alpha value is -2.30. The van der Waals surface area contributed by atoms with Crippen LogP contribution in [0.1, 0.15) is 24.5 Å². The molecule has 5 nitrogen and oxygen atoms in total. The molecule has 1 N–H and O–H groups in total. The van der Waals surface area contributed by atoms with Gasteiger partial charge in [-0.25, -0.2) is 4.79 Å². The Morgan fingerprint density at radius 1 is 1.40 bits per heavy atom. The lowest BCUT2D eigenvalue weighted by Crippen LogP contribution is -2.08. The van der Waals surface area contributed by atoms with Gasteiger partial charge in [0.05, 0.1) is 5.71 Å². The Labute approximate surface area is 115 Å². The van der Waals surface area contributed by atoms with Crippen molar-refractivity contribution >= 4 is 16.7 Å². The minimum absolute atomic E-state index is 0.192. The molecule has 0 bridgehead atoms. The molecule has 1 aliphatic carbocycles. The third-order valence-electron chi connectivity index (χ3n) is 3.56. The van der Waals surface area contributed by atoms with Gasteiger partial charge in [-0.1, -0.05) is 5.16 Å². The van der Waals surface area contributed by atoms with E-state index in [1.807, 2.05) is 12.1 Å². The Morgan fingerprint density at radius 2 is 2.20 bits per heavy atom. The van der Waals surface area contributed by atoms with Gasteiger partial charge < -0.3 is 14.4 Å². The van der Waals surface area contributed by atoms with Crippen molar-refractivity contribution in [2.24, 2.45) is 5.16 Å². The largest absolute Gasteiger partial charge is 0.487 e. The maximum Gasteiger partial charge on any atom is 0.339 e. The number of fused-ring (bicyclic) bond motifs is 3. The zero-order valence-electron chi connectivity index (χ0n) is 11.2. The van der Waals surface area contributed by atoms with Crippen molar-refractivity contribution < 1.29 is 14.4 Å². The van der Waals surface area contributed by atoms with Crippen LogP contribution < -0.4 is 10.4 Å². The predicted octanol–water partition coefficient (Wildman–Crippen LogP) is 2.51. The molecular formula is C15H15NO4. The van der Waals surface area contributed by atoms with Crippen LogP contribution in [0.15, 0.2) is 32.6 Å². The van der Waals surface area contributed by atoms with Gasteiger partial charge in [0.1, 0.15) is 17.9 Å². The van der Waals surface area contributed by atoms with Crippen LogP contribution >= 0.6 is 0 Å². The highest BCUT2D eigenvalue weighted by atomic mass is 16.5. The van der Waals surface area contributed by atoms with Crippen LogP contribution in [0, 0.1) is 0 Å². The van der Waals surface area contributed by atoms with E-state index in [1.54, 1.807) is 13.0 Å². The Balaban J connectivity index is 2.00. The van der Waals surface area contributed by atoms with Gasteiger partial charge in [0, 0.05) is 17.0 Å². The molecule has 0 atom stereocenters. The number of aryl methyl sites for hydroxylation is 1.